The van der Waals surface area contributed by atoms with E-state index in [2.05, 4.69) is 15.0 Å². The van der Waals surface area contributed by atoms with Gasteiger partial charge in [0, 0.05) is 7.05 Å². The highest BCUT2D eigenvalue weighted by Crippen LogP contribution is 2.24. The zero-order valence-corrected chi connectivity index (χ0v) is 15.6. The molecule has 0 radical (unpaired) electrons. The van der Waals surface area contributed by atoms with Gasteiger partial charge in [-0.15, -0.1) is 11.3 Å². The molecule has 26 heavy (non-hydrogen) atoms. The van der Waals surface area contributed by atoms with Crippen LogP contribution in [0, 0.1) is 0 Å². The van der Waals surface area contributed by atoms with Crippen LogP contribution in [-0.4, -0.2) is 34.3 Å². The summed E-state index contributed by atoms with van der Waals surface area (Å²) in [6.45, 7) is 0. The number of hydrogen-bond donors (Lipinski definition) is 1. The molecule has 2 aromatic heterocycles. The Hall–Kier alpha value is -2.65. The number of thioether (sulfide) groups is 1. The molecule has 0 unspecified atom stereocenters. The largest absolute Gasteiger partial charge is 0.465 e. The maximum absolute atomic E-state index is 12.4. The molecule has 0 aliphatic heterocycles. The third kappa shape index (κ3) is 3.63. The summed E-state index contributed by atoms with van der Waals surface area (Å²) in [5, 5.41) is 5.36. The standard InChI is InChI=1S/C17H15N3O4S2/c1-20-15(22)10-5-3-4-6-11(10)19-17(20)26-9-13(21)18-12-7-8-25-14(12)16(23)24-2/h3-8H,9H2,1-2H3,(H,18,21). The molecule has 1 aromatic carbocycles. The zero-order chi connectivity index (χ0) is 18.7. The summed E-state index contributed by atoms with van der Waals surface area (Å²) in [4.78, 5) is 41.0. The molecular formula is C17H15N3O4S2. The maximum Gasteiger partial charge on any atom is 0.350 e. The number of carbonyl (C=O) groups excluding carboxylic acids is 2. The van der Waals surface area contributed by atoms with Gasteiger partial charge in [0.1, 0.15) is 4.88 Å². The summed E-state index contributed by atoms with van der Waals surface area (Å²) in [6.07, 6.45) is 0. The third-order valence-electron chi connectivity index (χ3n) is 3.58. The molecule has 0 aliphatic rings. The third-order valence-corrected chi connectivity index (χ3v) is 5.51. The number of anilines is 1. The predicted molar refractivity (Wildman–Crippen MR) is 102 cm³/mol. The summed E-state index contributed by atoms with van der Waals surface area (Å²) in [7, 11) is 2.91. The second-order valence-corrected chi connectivity index (χ2v) is 7.13. The molecule has 7 nitrogen and oxygen atoms in total. The molecule has 0 saturated heterocycles. The first-order valence-corrected chi connectivity index (χ1v) is 9.42. The summed E-state index contributed by atoms with van der Waals surface area (Å²) in [5.74, 6) is -0.753. The number of nitrogens with one attached hydrogen (secondary N) is 1. The van der Waals surface area contributed by atoms with Crippen molar-refractivity contribution in [2.24, 2.45) is 7.05 Å². The van der Waals surface area contributed by atoms with Gasteiger partial charge in [0.2, 0.25) is 5.91 Å². The van der Waals surface area contributed by atoms with Gasteiger partial charge in [-0.2, -0.15) is 0 Å². The normalized spacial score (nSPS) is 10.7. The average Bonchev–Trinajstić information content (AvgIpc) is 3.11. The highest BCUT2D eigenvalue weighted by Gasteiger charge is 2.16. The molecule has 0 bridgehead atoms. The number of carbonyl (C=O) groups is 2. The van der Waals surface area contributed by atoms with E-state index in [4.69, 9.17) is 0 Å². The van der Waals surface area contributed by atoms with E-state index in [9.17, 15) is 14.4 Å². The minimum atomic E-state index is -0.499. The van der Waals surface area contributed by atoms with Crippen LogP contribution in [0.4, 0.5) is 5.69 Å². The van der Waals surface area contributed by atoms with Crippen molar-refractivity contribution < 1.29 is 14.3 Å². The summed E-state index contributed by atoms with van der Waals surface area (Å²) < 4.78 is 6.10. The molecule has 3 rings (SSSR count). The van der Waals surface area contributed by atoms with Gasteiger partial charge >= 0.3 is 5.97 Å². The molecule has 134 valence electrons. The first-order chi connectivity index (χ1) is 12.5. The van der Waals surface area contributed by atoms with Crippen LogP contribution in [0.15, 0.2) is 45.7 Å². The van der Waals surface area contributed by atoms with Crippen LogP contribution in [0.25, 0.3) is 10.9 Å². The molecular weight excluding hydrogens is 374 g/mol. The summed E-state index contributed by atoms with van der Waals surface area (Å²) in [5.41, 5.74) is 0.835. The number of nitrogens with zero attached hydrogens (tertiary/aromatic N) is 2. The molecule has 0 aliphatic carbocycles. The van der Waals surface area contributed by atoms with E-state index in [1.165, 1.54) is 23.0 Å². The van der Waals surface area contributed by atoms with Crippen LogP contribution in [-0.2, 0) is 16.6 Å². The number of methoxy groups -OCH3 is 1. The molecule has 0 fully saturated rings. The SMILES string of the molecule is COC(=O)c1sccc1NC(=O)CSc1nc2ccccc2c(=O)n1C. The Morgan fingerprint density at radius 1 is 1.31 bits per heavy atom. The van der Waals surface area contributed by atoms with Gasteiger partial charge in [-0.1, -0.05) is 23.9 Å². The Morgan fingerprint density at radius 2 is 2.08 bits per heavy atom. The van der Waals surface area contributed by atoms with Crippen LogP contribution in [0.1, 0.15) is 9.67 Å². The highest BCUT2D eigenvalue weighted by molar-refractivity contribution is 7.99. The maximum atomic E-state index is 12.4. The number of esters is 1. The Bertz CT molecular complexity index is 1040. The molecule has 0 saturated carbocycles. The minimum Gasteiger partial charge on any atom is -0.465 e. The number of para-hydroxylation sites is 1. The van der Waals surface area contributed by atoms with Crippen molar-refractivity contribution in [3.05, 3.63) is 50.9 Å². The van der Waals surface area contributed by atoms with E-state index in [-0.39, 0.29) is 17.2 Å². The topological polar surface area (TPSA) is 90.3 Å². The highest BCUT2D eigenvalue weighted by atomic mass is 32.2. The van der Waals surface area contributed by atoms with Crippen LogP contribution < -0.4 is 10.9 Å². The van der Waals surface area contributed by atoms with Gasteiger partial charge in [-0.3, -0.25) is 14.2 Å². The van der Waals surface area contributed by atoms with E-state index in [0.717, 1.165) is 11.8 Å². The Morgan fingerprint density at radius 3 is 2.85 bits per heavy atom. The quantitative estimate of drug-likeness (QED) is 0.410. The molecule has 0 spiro atoms. The number of amides is 1. The lowest BCUT2D eigenvalue weighted by Gasteiger charge is -2.09. The van der Waals surface area contributed by atoms with Crippen molar-refractivity contribution in [1.29, 1.82) is 0 Å². The van der Waals surface area contributed by atoms with Crippen LogP contribution >= 0.6 is 23.1 Å². The summed E-state index contributed by atoms with van der Waals surface area (Å²) in [6, 6.07) is 8.71. The predicted octanol–water partition coefficient (Wildman–Crippen LogP) is 2.51. The van der Waals surface area contributed by atoms with E-state index in [1.807, 2.05) is 0 Å². The van der Waals surface area contributed by atoms with Crippen molar-refractivity contribution in [3.63, 3.8) is 0 Å². The molecule has 9 heteroatoms. The van der Waals surface area contributed by atoms with E-state index >= 15 is 0 Å². The van der Waals surface area contributed by atoms with Gasteiger partial charge in [0.15, 0.2) is 5.16 Å². The van der Waals surface area contributed by atoms with Crippen LogP contribution in [0.3, 0.4) is 0 Å². The zero-order valence-electron chi connectivity index (χ0n) is 14.0. The molecule has 0 atom stereocenters. The van der Waals surface area contributed by atoms with Gasteiger partial charge in [-0.05, 0) is 23.6 Å². The second-order valence-electron chi connectivity index (χ2n) is 5.27. The summed E-state index contributed by atoms with van der Waals surface area (Å²) >= 11 is 2.34. The average molecular weight is 389 g/mol. The van der Waals surface area contributed by atoms with Crippen molar-refractivity contribution >= 4 is 51.6 Å². The molecule has 1 amide bonds. The number of benzene rings is 1. The van der Waals surface area contributed by atoms with E-state index in [0.29, 0.717) is 26.6 Å². The number of fused-ring (bicyclic) bond motifs is 1. The fourth-order valence-electron chi connectivity index (χ4n) is 2.30. The molecule has 3 aromatic rings. The number of thiophene rings is 1. The lowest BCUT2D eigenvalue weighted by atomic mass is 10.2. The lowest BCUT2D eigenvalue weighted by molar-refractivity contribution is -0.113. The number of rotatable bonds is 5. The van der Waals surface area contributed by atoms with Gasteiger partial charge in [0.25, 0.3) is 5.56 Å². The van der Waals surface area contributed by atoms with Crippen molar-refractivity contribution in [1.82, 2.24) is 9.55 Å². The Labute approximate surface area is 157 Å². The molecule has 1 N–H and O–H groups in total. The first-order valence-electron chi connectivity index (χ1n) is 7.55. The van der Waals surface area contributed by atoms with Crippen molar-refractivity contribution in [3.8, 4) is 0 Å². The van der Waals surface area contributed by atoms with Crippen LogP contribution in [0.5, 0.6) is 0 Å². The Balaban J connectivity index is 1.73. The van der Waals surface area contributed by atoms with E-state index in [1.54, 1.807) is 42.8 Å². The minimum absolute atomic E-state index is 0.0507. The second kappa shape index (κ2) is 7.71. The van der Waals surface area contributed by atoms with Gasteiger partial charge in [-0.25, -0.2) is 9.78 Å². The number of hydrogen-bond acceptors (Lipinski definition) is 7. The Kier molecular flexibility index (Phi) is 5.38. The fourth-order valence-corrected chi connectivity index (χ4v) is 3.84. The number of ether oxygens (including phenoxy) is 1. The first kappa shape index (κ1) is 18.2. The molecule has 2 heterocycles. The van der Waals surface area contributed by atoms with Crippen LogP contribution in [0.2, 0.25) is 0 Å². The van der Waals surface area contributed by atoms with Gasteiger partial charge in [0.05, 0.1) is 29.5 Å². The van der Waals surface area contributed by atoms with Crippen molar-refractivity contribution in [2.75, 3.05) is 18.2 Å². The van der Waals surface area contributed by atoms with Gasteiger partial charge < -0.3 is 10.1 Å². The smallest absolute Gasteiger partial charge is 0.350 e. The van der Waals surface area contributed by atoms with E-state index < -0.39 is 5.97 Å². The van der Waals surface area contributed by atoms with Crippen molar-refractivity contribution in [2.45, 2.75) is 5.16 Å². The lowest BCUT2D eigenvalue weighted by Crippen LogP contribution is -2.21. The monoisotopic (exact) mass is 389 g/mol. The fraction of sp³-hybridized carbons (Fsp3) is 0.176. The number of aromatic nitrogens is 2.